The first-order valence-corrected chi connectivity index (χ1v) is 9.68. The van der Waals surface area contributed by atoms with Crippen LogP contribution in [0.25, 0.3) is 0 Å². The Morgan fingerprint density at radius 1 is 1.11 bits per heavy atom. The highest BCUT2D eigenvalue weighted by molar-refractivity contribution is 6.14. The van der Waals surface area contributed by atoms with Crippen LogP contribution in [-0.4, -0.2) is 58.8 Å². The highest BCUT2D eigenvalue weighted by Gasteiger charge is 2.23. The fraction of sp³-hybridized carbons (Fsp3) is 0.429. The number of fused-ring (bicyclic) bond motifs is 1. The van der Waals surface area contributed by atoms with E-state index in [1.54, 1.807) is 13.3 Å². The van der Waals surface area contributed by atoms with Crippen LogP contribution in [0.3, 0.4) is 0 Å². The van der Waals surface area contributed by atoms with Gasteiger partial charge in [0.2, 0.25) is 5.91 Å². The van der Waals surface area contributed by atoms with Crippen molar-refractivity contribution in [1.29, 1.82) is 0 Å². The van der Waals surface area contributed by atoms with Gasteiger partial charge in [0.1, 0.15) is 17.9 Å². The van der Waals surface area contributed by atoms with Crippen molar-refractivity contribution in [3.8, 4) is 5.75 Å². The highest BCUT2D eigenvalue weighted by Crippen LogP contribution is 2.28. The maximum atomic E-state index is 11.5. The highest BCUT2D eigenvalue weighted by atomic mass is 16.5. The minimum atomic E-state index is 0.124. The molecule has 2 aromatic rings. The summed E-state index contributed by atoms with van der Waals surface area (Å²) >= 11 is 0. The SMILES string of the molecule is CC(=O)N1CCN(c2cc(C3=NCc4ccc(OC(C)C)cc43)ncn2)CC1. The fourth-order valence-electron chi connectivity index (χ4n) is 3.63. The van der Waals surface area contributed by atoms with Crippen LogP contribution in [0, 0.1) is 0 Å². The first kappa shape index (κ1) is 18.4. The van der Waals surface area contributed by atoms with Gasteiger partial charge in [0.05, 0.1) is 24.1 Å². The molecule has 28 heavy (non-hydrogen) atoms. The number of carbonyl (C=O) groups is 1. The average Bonchev–Trinajstić information content (AvgIpc) is 3.11. The van der Waals surface area contributed by atoms with E-state index < -0.39 is 0 Å². The predicted octanol–water partition coefficient (Wildman–Crippen LogP) is 2.28. The van der Waals surface area contributed by atoms with E-state index in [9.17, 15) is 4.79 Å². The third-order valence-electron chi connectivity index (χ3n) is 5.06. The summed E-state index contributed by atoms with van der Waals surface area (Å²) in [5, 5.41) is 0. The van der Waals surface area contributed by atoms with Crippen molar-refractivity contribution in [3.05, 3.63) is 47.4 Å². The van der Waals surface area contributed by atoms with E-state index in [0.717, 1.165) is 41.6 Å². The molecule has 0 N–H and O–H groups in total. The maximum absolute atomic E-state index is 11.5. The first-order chi connectivity index (χ1) is 13.5. The van der Waals surface area contributed by atoms with Crippen LogP contribution in [0.4, 0.5) is 5.82 Å². The molecule has 0 spiro atoms. The van der Waals surface area contributed by atoms with Gasteiger partial charge in [-0.1, -0.05) is 6.07 Å². The number of hydrogen-bond acceptors (Lipinski definition) is 6. The molecule has 1 saturated heterocycles. The second-order valence-electron chi connectivity index (χ2n) is 7.40. The van der Waals surface area contributed by atoms with Gasteiger partial charge in [0.15, 0.2) is 0 Å². The van der Waals surface area contributed by atoms with Crippen molar-refractivity contribution in [1.82, 2.24) is 14.9 Å². The molecule has 1 amide bonds. The maximum Gasteiger partial charge on any atom is 0.219 e. The zero-order valence-corrected chi connectivity index (χ0v) is 16.6. The van der Waals surface area contributed by atoms with Gasteiger partial charge in [-0.3, -0.25) is 9.79 Å². The lowest BCUT2D eigenvalue weighted by molar-refractivity contribution is -0.129. The van der Waals surface area contributed by atoms with E-state index in [4.69, 9.17) is 9.73 Å². The van der Waals surface area contributed by atoms with Crippen LogP contribution in [-0.2, 0) is 11.3 Å². The molecular formula is C21H25N5O2. The van der Waals surface area contributed by atoms with Crippen LogP contribution in [0.1, 0.15) is 37.6 Å². The smallest absolute Gasteiger partial charge is 0.219 e. The van der Waals surface area contributed by atoms with Gasteiger partial charge in [-0.25, -0.2) is 9.97 Å². The molecule has 0 bridgehead atoms. The minimum Gasteiger partial charge on any atom is -0.491 e. The van der Waals surface area contributed by atoms with Crippen LogP contribution < -0.4 is 9.64 Å². The third kappa shape index (κ3) is 3.69. The van der Waals surface area contributed by atoms with E-state index in [2.05, 4.69) is 27.0 Å². The van der Waals surface area contributed by atoms with Crippen LogP contribution >= 0.6 is 0 Å². The van der Waals surface area contributed by atoms with Crippen molar-refractivity contribution in [3.63, 3.8) is 0 Å². The quantitative estimate of drug-likeness (QED) is 0.815. The predicted molar refractivity (Wildman–Crippen MR) is 108 cm³/mol. The van der Waals surface area contributed by atoms with Crippen molar-refractivity contribution >= 4 is 17.4 Å². The molecule has 2 aliphatic heterocycles. The second-order valence-corrected chi connectivity index (χ2v) is 7.40. The van der Waals surface area contributed by atoms with Gasteiger partial charge in [-0.2, -0.15) is 0 Å². The summed E-state index contributed by atoms with van der Waals surface area (Å²) in [7, 11) is 0. The van der Waals surface area contributed by atoms with Gasteiger partial charge >= 0.3 is 0 Å². The molecule has 2 aliphatic rings. The largest absolute Gasteiger partial charge is 0.491 e. The Balaban J connectivity index is 1.56. The summed E-state index contributed by atoms with van der Waals surface area (Å²) in [6, 6.07) is 8.12. The van der Waals surface area contributed by atoms with E-state index in [-0.39, 0.29) is 12.0 Å². The van der Waals surface area contributed by atoms with Crippen LogP contribution in [0.15, 0.2) is 35.6 Å². The van der Waals surface area contributed by atoms with Crippen LogP contribution in [0.2, 0.25) is 0 Å². The standard InChI is InChI=1S/C21H25N5O2/c1-14(2)28-17-5-4-16-12-22-21(18(16)10-17)19-11-20(24-13-23-19)26-8-6-25(7-9-26)15(3)27/h4-5,10-11,13-14H,6-9,12H2,1-3H3. The molecule has 0 saturated carbocycles. The Kier molecular flexibility index (Phi) is 4.98. The van der Waals surface area contributed by atoms with Gasteiger partial charge in [-0.15, -0.1) is 0 Å². The van der Waals surface area contributed by atoms with Crippen molar-refractivity contribution in [2.45, 2.75) is 33.4 Å². The zero-order chi connectivity index (χ0) is 19.7. The van der Waals surface area contributed by atoms with Gasteiger partial charge in [-0.05, 0) is 31.5 Å². The molecule has 1 aromatic heterocycles. The van der Waals surface area contributed by atoms with Crippen LogP contribution in [0.5, 0.6) is 5.75 Å². The molecule has 3 heterocycles. The summed E-state index contributed by atoms with van der Waals surface area (Å²) < 4.78 is 5.84. The van der Waals surface area contributed by atoms with E-state index in [1.165, 1.54) is 5.56 Å². The number of anilines is 1. The second kappa shape index (κ2) is 7.58. The minimum absolute atomic E-state index is 0.124. The summed E-state index contributed by atoms with van der Waals surface area (Å²) in [5.74, 6) is 1.84. The van der Waals surface area contributed by atoms with Gasteiger partial charge in [0.25, 0.3) is 0 Å². The summed E-state index contributed by atoms with van der Waals surface area (Å²) in [6.45, 7) is 9.28. The number of piperazine rings is 1. The Hall–Kier alpha value is -2.96. The topological polar surface area (TPSA) is 70.9 Å². The molecule has 7 nitrogen and oxygen atoms in total. The molecule has 1 aromatic carbocycles. The Labute approximate surface area is 165 Å². The average molecular weight is 379 g/mol. The summed E-state index contributed by atoms with van der Waals surface area (Å²) in [4.78, 5) is 29.2. The van der Waals surface area contributed by atoms with E-state index >= 15 is 0 Å². The molecule has 146 valence electrons. The first-order valence-electron chi connectivity index (χ1n) is 9.68. The lowest BCUT2D eigenvalue weighted by Gasteiger charge is -2.34. The molecule has 1 fully saturated rings. The number of benzene rings is 1. The molecule has 7 heteroatoms. The van der Waals surface area contributed by atoms with Crippen molar-refractivity contribution < 1.29 is 9.53 Å². The van der Waals surface area contributed by atoms with Gasteiger partial charge in [0, 0.05) is 44.7 Å². The van der Waals surface area contributed by atoms with Crippen molar-refractivity contribution in [2.75, 3.05) is 31.1 Å². The fourth-order valence-corrected chi connectivity index (χ4v) is 3.63. The van der Waals surface area contributed by atoms with Crippen molar-refractivity contribution in [2.24, 2.45) is 4.99 Å². The normalized spacial score (nSPS) is 16.2. The zero-order valence-electron chi connectivity index (χ0n) is 16.6. The summed E-state index contributed by atoms with van der Waals surface area (Å²) in [5.41, 5.74) is 3.96. The Morgan fingerprint density at radius 2 is 1.89 bits per heavy atom. The number of nitrogens with zero attached hydrogens (tertiary/aromatic N) is 5. The molecule has 4 rings (SSSR count). The lowest BCUT2D eigenvalue weighted by Crippen LogP contribution is -2.48. The lowest BCUT2D eigenvalue weighted by atomic mass is 10.0. The van der Waals surface area contributed by atoms with Gasteiger partial charge < -0.3 is 14.5 Å². The molecular weight excluding hydrogens is 354 g/mol. The molecule has 0 aliphatic carbocycles. The number of ether oxygens (including phenoxy) is 1. The number of aromatic nitrogens is 2. The number of aliphatic imine (C=N–C) groups is 1. The number of amides is 1. The van der Waals surface area contributed by atoms with E-state index in [0.29, 0.717) is 19.6 Å². The monoisotopic (exact) mass is 379 g/mol. The molecule has 0 unspecified atom stereocenters. The number of rotatable bonds is 4. The number of hydrogen-bond donors (Lipinski definition) is 0. The Bertz CT molecular complexity index is 917. The third-order valence-corrected chi connectivity index (χ3v) is 5.06. The number of carbonyl (C=O) groups excluding carboxylic acids is 1. The summed E-state index contributed by atoms with van der Waals surface area (Å²) in [6.07, 6.45) is 1.72. The Morgan fingerprint density at radius 3 is 2.61 bits per heavy atom. The molecule has 0 radical (unpaired) electrons. The van der Waals surface area contributed by atoms with E-state index in [1.807, 2.05) is 30.9 Å². The molecule has 0 atom stereocenters.